The molecule has 0 saturated heterocycles. The molecule has 0 aliphatic carbocycles. The van der Waals surface area contributed by atoms with Crippen LogP contribution in [-0.2, 0) is 0 Å². The number of hydrogen-bond acceptors (Lipinski definition) is 3. The number of nitrogens with zero attached hydrogens (tertiary/aromatic N) is 2. The van der Waals surface area contributed by atoms with Gasteiger partial charge in [-0.25, -0.2) is 0 Å². The maximum absolute atomic E-state index is 4.55. The first-order chi connectivity index (χ1) is 9.06. The molecule has 1 unspecified atom stereocenters. The highest BCUT2D eigenvalue weighted by Gasteiger charge is 2.13. The van der Waals surface area contributed by atoms with Gasteiger partial charge in [0.05, 0.1) is 11.4 Å². The van der Waals surface area contributed by atoms with E-state index in [2.05, 4.69) is 41.3 Å². The Morgan fingerprint density at radius 3 is 1.58 bits per heavy atom. The minimum Gasteiger partial charge on any atom is -0.301 e. The maximum Gasteiger partial charge on any atom is 0.0573 e. The van der Waals surface area contributed by atoms with Gasteiger partial charge in [0.15, 0.2) is 0 Å². The Hall–Kier alpha value is -1.74. The molecule has 100 valence electrons. The Balaban J connectivity index is 2.08. The highest BCUT2D eigenvalue weighted by molar-refractivity contribution is 5.16. The van der Waals surface area contributed by atoms with E-state index < -0.39 is 0 Å². The third kappa shape index (κ3) is 3.61. The van der Waals surface area contributed by atoms with Gasteiger partial charge in [-0.3, -0.25) is 9.97 Å². The molecule has 0 aromatic carbocycles. The van der Waals surface area contributed by atoms with Crippen molar-refractivity contribution in [2.45, 2.75) is 39.8 Å². The molecule has 0 aliphatic heterocycles. The second-order valence-corrected chi connectivity index (χ2v) is 5.02. The van der Waals surface area contributed by atoms with E-state index in [4.69, 9.17) is 0 Å². The fourth-order valence-corrected chi connectivity index (χ4v) is 2.16. The van der Waals surface area contributed by atoms with Crippen LogP contribution in [-0.4, -0.2) is 9.97 Å². The van der Waals surface area contributed by atoms with Gasteiger partial charge in [-0.1, -0.05) is 12.1 Å². The number of aromatic nitrogens is 2. The van der Waals surface area contributed by atoms with Crippen LogP contribution in [0.5, 0.6) is 0 Å². The van der Waals surface area contributed by atoms with E-state index in [0.29, 0.717) is 0 Å². The summed E-state index contributed by atoms with van der Waals surface area (Å²) in [7, 11) is 0. The van der Waals surface area contributed by atoms with Crippen molar-refractivity contribution in [1.29, 1.82) is 0 Å². The van der Waals surface area contributed by atoms with Crippen molar-refractivity contribution >= 4 is 0 Å². The highest BCUT2D eigenvalue weighted by Crippen LogP contribution is 2.17. The van der Waals surface area contributed by atoms with Gasteiger partial charge in [-0.2, -0.15) is 0 Å². The van der Waals surface area contributed by atoms with Crippen LogP contribution >= 0.6 is 0 Å². The van der Waals surface area contributed by atoms with Gasteiger partial charge >= 0.3 is 0 Å². The summed E-state index contributed by atoms with van der Waals surface area (Å²) in [6.45, 7) is 8.30. The Morgan fingerprint density at radius 2 is 1.21 bits per heavy atom. The lowest BCUT2D eigenvalue weighted by Gasteiger charge is -2.20. The van der Waals surface area contributed by atoms with E-state index in [1.54, 1.807) is 0 Å². The molecule has 0 radical (unpaired) electrons. The average molecular weight is 255 g/mol. The average Bonchev–Trinajstić information content (AvgIpc) is 2.38. The molecule has 0 fully saturated rings. The normalized spacial score (nSPS) is 14.1. The van der Waals surface area contributed by atoms with Gasteiger partial charge < -0.3 is 5.32 Å². The Labute approximate surface area is 115 Å². The Kier molecular flexibility index (Phi) is 4.27. The van der Waals surface area contributed by atoms with Crippen molar-refractivity contribution in [3.63, 3.8) is 0 Å². The van der Waals surface area contributed by atoms with Crippen LogP contribution < -0.4 is 5.32 Å². The molecule has 3 nitrogen and oxygen atoms in total. The maximum atomic E-state index is 4.55. The first-order valence-electron chi connectivity index (χ1n) is 6.69. The zero-order chi connectivity index (χ0) is 13.8. The Bertz CT molecular complexity index is 502. The summed E-state index contributed by atoms with van der Waals surface area (Å²) in [6, 6.07) is 12.7. The number of aryl methyl sites for hydroxylation is 2. The van der Waals surface area contributed by atoms with E-state index in [9.17, 15) is 0 Å². The van der Waals surface area contributed by atoms with Crippen LogP contribution in [0.1, 0.15) is 48.7 Å². The molecular weight excluding hydrogens is 234 g/mol. The molecule has 0 aliphatic rings. The number of nitrogens with one attached hydrogen (secondary N) is 1. The lowest BCUT2D eigenvalue weighted by atomic mass is 10.1. The van der Waals surface area contributed by atoms with Crippen LogP contribution in [0.3, 0.4) is 0 Å². The minimum absolute atomic E-state index is 0.206. The van der Waals surface area contributed by atoms with Crippen molar-refractivity contribution in [2.24, 2.45) is 0 Å². The van der Waals surface area contributed by atoms with Crippen molar-refractivity contribution in [1.82, 2.24) is 15.3 Å². The highest BCUT2D eigenvalue weighted by atomic mass is 15.0. The molecular formula is C16H21N3. The van der Waals surface area contributed by atoms with Crippen LogP contribution in [0.4, 0.5) is 0 Å². The zero-order valence-electron chi connectivity index (χ0n) is 12.0. The van der Waals surface area contributed by atoms with E-state index in [1.165, 1.54) is 0 Å². The first-order valence-corrected chi connectivity index (χ1v) is 6.69. The van der Waals surface area contributed by atoms with Crippen molar-refractivity contribution in [3.05, 3.63) is 59.2 Å². The number of hydrogen-bond donors (Lipinski definition) is 1. The molecule has 19 heavy (non-hydrogen) atoms. The van der Waals surface area contributed by atoms with E-state index in [1.807, 2.05) is 38.1 Å². The minimum atomic E-state index is 0.206. The fraction of sp³-hybridized carbons (Fsp3) is 0.375. The van der Waals surface area contributed by atoms with Crippen molar-refractivity contribution in [2.75, 3.05) is 0 Å². The van der Waals surface area contributed by atoms with E-state index in [-0.39, 0.29) is 12.1 Å². The molecule has 2 atom stereocenters. The zero-order valence-corrected chi connectivity index (χ0v) is 12.0. The molecule has 2 aromatic rings. The Morgan fingerprint density at radius 1 is 0.789 bits per heavy atom. The smallest absolute Gasteiger partial charge is 0.0573 e. The molecule has 2 heterocycles. The van der Waals surface area contributed by atoms with Crippen molar-refractivity contribution < 1.29 is 0 Å². The van der Waals surface area contributed by atoms with Crippen LogP contribution in [0.25, 0.3) is 0 Å². The van der Waals surface area contributed by atoms with Gasteiger partial charge in [0.25, 0.3) is 0 Å². The second kappa shape index (κ2) is 5.93. The lowest BCUT2D eigenvalue weighted by Crippen LogP contribution is -2.24. The van der Waals surface area contributed by atoms with Gasteiger partial charge in [-0.05, 0) is 52.0 Å². The summed E-state index contributed by atoms with van der Waals surface area (Å²) in [5.41, 5.74) is 4.24. The van der Waals surface area contributed by atoms with E-state index in [0.717, 1.165) is 22.8 Å². The molecule has 2 aromatic heterocycles. The van der Waals surface area contributed by atoms with Gasteiger partial charge in [0.2, 0.25) is 0 Å². The predicted molar refractivity (Wildman–Crippen MR) is 77.9 cm³/mol. The predicted octanol–water partition coefficient (Wildman–Crippen LogP) is 3.51. The molecule has 0 spiro atoms. The molecule has 0 amide bonds. The summed E-state index contributed by atoms with van der Waals surface area (Å²) >= 11 is 0. The molecule has 0 saturated carbocycles. The molecule has 3 heteroatoms. The topological polar surface area (TPSA) is 37.8 Å². The fourth-order valence-electron chi connectivity index (χ4n) is 2.16. The number of rotatable bonds is 4. The van der Waals surface area contributed by atoms with Gasteiger partial charge in [0, 0.05) is 23.5 Å². The summed E-state index contributed by atoms with van der Waals surface area (Å²) in [5.74, 6) is 0. The molecule has 1 N–H and O–H groups in total. The summed E-state index contributed by atoms with van der Waals surface area (Å²) in [5, 5.41) is 3.54. The lowest BCUT2D eigenvalue weighted by molar-refractivity contribution is 0.477. The SMILES string of the molecule is Cc1cccc(C(C)N[C@@H](C)c2cccc(C)n2)n1. The number of pyridine rings is 2. The standard InChI is InChI=1S/C16H21N3/c1-11-7-5-9-15(17-11)13(3)19-14(4)16-10-6-8-12(2)18-16/h5-10,13-14,19H,1-4H3/t13-,14?/m0/s1. The summed E-state index contributed by atoms with van der Waals surface area (Å²) in [6.07, 6.45) is 0. The summed E-state index contributed by atoms with van der Waals surface area (Å²) in [4.78, 5) is 9.11. The first kappa shape index (κ1) is 13.7. The second-order valence-electron chi connectivity index (χ2n) is 5.02. The van der Waals surface area contributed by atoms with Crippen LogP contribution in [0.15, 0.2) is 36.4 Å². The molecule has 2 rings (SSSR count). The van der Waals surface area contributed by atoms with Crippen molar-refractivity contribution in [3.8, 4) is 0 Å². The molecule has 0 bridgehead atoms. The van der Waals surface area contributed by atoms with E-state index >= 15 is 0 Å². The quantitative estimate of drug-likeness (QED) is 0.908. The summed E-state index contributed by atoms with van der Waals surface area (Å²) < 4.78 is 0. The van der Waals surface area contributed by atoms with Gasteiger partial charge in [-0.15, -0.1) is 0 Å². The third-order valence-electron chi connectivity index (χ3n) is 3.21. The largest absolute Gasteiger partial charge is 0.301 e. The van der Waals surface area contributed by atoms with Crippen LogP contribution in [0.2, 0.25) is 0 Å². The van der Waals surface area contributed by atoms with Gasteiger partial charge in [0.1, 0.15) is 0 Å². The monoisotopic (exact) mass is 255 g/mol. The third-order valence-corrected chi connectivity index (χ3v) is 3.21. The van der Waals surface area contributed by atoms with Crippen LogP contribution in [0, 0.1) is 13.8 Å².